The fourth-order valence-corrected chi connectivity index (χ4v) is 4.82. The van der Waals surface area contributed by atoms with Gasteiger partial charge in [-0.2, -0.15) is 0 Å². The number of hydrogen-bond donors (Lipinski definition) is 0. The van der Waals surface area contributed by atoms with Crippen LogP contribution in [0, 0.1) is 13.8 Å². The second kappa shape index (κ2) is 8.47. The minimum Gasteiger partial charge on any atom is -0.497 e. The fourth-order valence-electron chi connectivity index (χ4n) is 3.99. The molecule has 1 aliphatic carbocycles. The Balaban J connectivity index is 1.66. The molecule has 0 radical (unpaired) electrons. The van der Waals surface area contributed by atoms with Crippen molar-refractivity contribution in [1.29, 1.82) is 0 Å². The molecule has 31 heavy (non-hydrogen) atoms. The summed E-state index contributed by atoms with van der Waals surface area (Å²) in [7, 11) is 1.63. The maximum Gasteiger partial charge on any atom is 0.230 e. The number of benzene rings is 2. The lowest BCUT2D eigenvalue weighted by Gasteiger charge is -2.22. The molecule has 0 bridgehead atoms. The number of methoxy groups -OCH3 is 1. The van der Waals surface area contributed by atoms with Crippen molar-refractivity contribution in [2.24, 2.45) is 0 Å². The number of carbonyl (C=O) groups excluding carboxylic acids is 2. The van der Waals surface area contributed by atoms with E-state index in [2.05, 4.69) is 4.98 Å². The molecule has 1 heterocycles. The number of carbonyl (C=O) groups is 2. The summed E-state index contributed by atoms with van der Waals surface area (Å²) in [6.45, 7) is 5.52. The summed E-state index contributed by atoms with van der Waals surface area (Å²) in [5.74, 6) is 0.693. The highest BCUT2D eigenvalue weighted by Crippen LogP contribution is 2.35. The molecule has 158 valence electrons. The summed E-state index contributed by atoms with van der Waals surface area (Å²) in [5.41, 5.74) is 6.04. The molecular weight excluding hydrogens is 408 g/mol. The number of anilines is 2. The Bertz CT molecular complexity index is 1190. The number of hydrogen-bond acceptors (Lipinski definition) is 5. The van der Waals surface area contributed by atoms with Gasteiger partial charge in [-0.3, -0.25) is 14.5 Å². The molecular formula is C25H24N2O3S. The number of aryl methyl sites for hydroxylation is 3. The summed E-state index contributed by atoms with van der Waals surface area (Å²) in [4.78, 5) is 31.8. The molecule has 2 aromatic carbocycles. The molecule has 1 amide bonds. The standard InChI is InChI=1S/C25H24N2O3S/c1-15-6-5-7-16(2)23(15)27(17(3)28)25-26-20(14-31-25)12-19-9-8-18-13-21(30-4)10-11-22(18)24(19)29/h5-7,10-14H,8-9H2,1-4H3. The molecule has 3 aromatic rings. The number of nitrogens with zero attached hydrogens (tertiary/aromatic N) is 2. The van der Waals surface area contributed by atoms with E-state index in [1.54, 1.807) is 18.9 Å². The summed E-state index contributed by atoms with van der Waals surface area (Å²) >= 11 is 1.40. The summed E-state index contributed by atoms with van der Waals surface area (Å²) in [6, 6.07) is 11.5. The van der Waals surface area contributed by atoms with Gasteiger partial charge in [0, 0.05) is 23.4 Å². The normalized spacial score (nSPS) is 14.5. The Hall–Kier alpha value is -3.25. The average Bonchev–Trinajstić information content (AvgIpc) is 3.20. The first-order chi connectivity index (χ1) is 14.9. The smallest absolute Gasteiger partial charge is 0.230 e. The molecule has 0 atom stereocenters. The number of thiazole rings is 1. The lowest BCUT2D eigenvalue weighted by molar-refractivity contribution is -0.115. The van der Waals surface area contributed by atoms with E-state index in [-0.39, 0.29) is 11.7 Å². The van der Waals surface area contributed by atoms with E-state index in [4.69, 9.17) is 4.74 Å². The third-order valence-corrected chi connectivity index (χ3v) is 6.36. The number of rotatable bonds is 4. The van der Waals surface area contributed by atoms with Crippen molar-refractivity contribution in [1.82, 2.24) is 4.98 Å². The van der Waals surface area contributed by atoms with Crippen LogP contribution in [0.25, 0.3) is 6.08 Å². The predicted octanol–water partition coefficient (Wildman–Crippen LogP) is 5.67. The van der Waals surface area contributed by atoms with Crippen molar-refractivity contribution >= 4 is 39.9 Å². The third-order valence-electron chi connectivity index (χ3n) is 5.51. The van der Waals surface area contributed by atoms with Crippen LogP contribution in [0.4, 0.5) is 10.8 Å². The number of ketones is 1. The van der Waals surface area contributed by atoms with Gasteiger partial charge in [0.15, 0.2) is 10.9 Å². The quantitative estimate of drug-likeness (QED) is 0.499. The van der Waals surface area contributed by atoms with Crippen molar-refractivity contribution in [3.63, 3.8) is 0 Å². The van der Waals surface area contributed by atoms with E-state index in [9.17, 15) is 9.59 Å². The highest BCUT2D eigenvalue weighted by atomic mass is 32.1. The molecule has 1 aromatic heterocycles. The Morgan fingerprint density at radius 2 is 1.90 bits per heavy atom. The van der Waals surface area contributed by atoms with E-state index in [0.29, 0.717) is 17.2 Å². The van der Waals surface area contributed by atoms with Crippen LogP contribution in [-0.2, 0) is 11.2 Å². The minimum absolute atomic E-state index is 0.0247. The molecule has 0 saturated heterocycles. The van der Waals surface area contributed by atoms with Gasteiger partial charge in [0.1, 0.15) is 5.75 Å². The first kappa shape index (κ1) is 21.0. The lowest BCUT2D eigenvalue weighted by Crippen LogP contribution is -2.24. The van der Waals surface area contributed by atoms with Crippen molar-refractivity contribution < 1.29 is 14.3 Å². The molecule has 0 spiro atoms. The number of allylic oxidation sites excluding steroid dienone is 1. The van der Waals surface area contributed by atoms with E-state index in [1.807, 2.05) is 61.7 Å². The topological polar surface area (TPSA) is 59.5 Å². The molecule has 0 saturated carbocycles. The molecule has 5 nitrogen and oxygen atoms in total. The number of Topliss-reactive ketones (excluding diaryl/α,β-unsaturated/α-hetero) is 1. The summed E-state index contributed by atoms with van der Waals surface area (Å²) < 4.78 is 5.27. The maximum atomic E-state index is 13.0. The van der Waals surface area contributed by atoms with Gasteiger partial charge >= 0.3 is 0 Å². The minimum atomic E-state index is -0.0948. The Morgan fingerprint density at radius 3 is 2.58 bits per heavy atom. The SMILES string of the molecule is COc1ccc2c(c1)CCC(=Cc1csc(N(C(C)=O)c3c(C)cccc3C)n1)C2=O. The second-order valence-electron chi connectivity index (χ2n) is 7.67. The zero-order valence-electron chi connectivity index (χ0n) is 18.1. The van der Waals surface area contributed by atoms with Gasteiger partial charge in [-0.15, -0.1) is 11.3 Å². The molecule has 0 aliphatic heterocycles. The van der Waals surface area contributed by atoms with Crippen LogP contribution in [0.15, 0.2) is 47.4 Å². The zero-order valence-corrected chi connectivity index (χ0v) is 18.9. The first-order valence-corrected chi connectivity index (χ1v) is 11.0. The molecule has 6 heteroatoms. The molecule has 0 N–H and O–H groups in total. The van der Waals surface area contributed by atoms with Crippen LogP contribution >= 0.6 is 11.3 Å². The van der Waals surface area contributed by atoms with Gasteiger partial charge in [0.05, 0.1) is 18.5 Å². The van der Waals surface area contributed by atoms with Gasteiger partial charge < -0.3 is 4.74 Å². The van der Waals surface area contributed by atoms with Crippen LogP contribution < -0.4 is 9.64 Å². The van der Waals surface area contributed by atoms with Gasteiger partial charge in [-0.25, -0.2) is 4.98 Å². The fraction of sp³-hybridized carbons (Fsp3) is 0.240. The third kappa shape index (κ3) is 4.03. The lowest BCUT2D eigenvalue weighted by atomic mass is 9.86. The molecule has 1 aliphatic rings. The number of fused-ring (bicyclic) bond motifs is 1. The molecule has 4 rings (SSSR count). The van der Waals surface area contributed by atoms with Crippen molar-refractivity contribution in [3.8, 4) is 5.75 Å². The highest BCUT2D eigenvalue weighted by molar-refractivity contribution is 7.14. The van der Waals surface area contributed by atoms with Gasteiger partial charge in [0.25, 0.3) is 0 Å². The zero-order chi connectivity index (χ0) is 22.1. The van der Waals surface area contributed by atoms with E-state index < -0.39 is 0 Å². The van der Waals surface area contributed by atoms with Gasteiger partial charge in [0.2, 0.25) is 5.91 Å². The number of ether oxygens (including phenoxy) is 1. The Morgan fingerprint density at radius 1 is 1.16 bits per heavy atom. The maximum absolute atomic E-state index is 13.0. The largest absolute Gasteiger partial charge is 0.497 e. The average molecular weight is 433 g/mol. The first-order valence-electron chi connectivity index (χ1n) is 10.1. The summed E-state index contributed by atoms with van der Waals surface area (Å²) in [5, 5.41) is 2.49. The van der Waals surface area contributed by atoms with Crippen LogP contribution in [-0.4, -0.2) is 23.8 Å². The van der Waals surface area contributed by atoms with Crippen LogP contribution in [0.3, 0.4) is 0 Å². The van der Waals surface area contributed by atoms with Crippen LogP contribution in [0.2, 0.25) is 0 Å². The Kier molecular flexibility index (Phi) is 5.74. The van der Waals surface area contributed by atoms with E-state index in [1.165, 1.54) is 11.3 Å². The van der Waals surface area contributed by atoms with Gasteiger partial charge in [-0.05, 0) is 67.7 Å². The second-order valence-corrected chi connectivity index (χ2v) is 8.51. The number of aromatic nitrogens is 1. The Labute approximate surface area is 186 Å². The number of amides is 1. The van der Waals surface area contributed by atoms with E-state index in [0.717, 1.165) is 45.7 Å². The van der Waals surface area contributed by atoms with Crippen molar-refractivity contribution in [2.75, 3.05) is 12.0 Å². The van der Waals surface area contributed by atoms with Gasteiger partial charge in [-0.1, -0.05) is 18.2 Å². The monoisotopic (exact) mass is 432 g/mol. The van der Waals surface area contributed by atoms with Crippen molar-refractivity contribution in [2.45, 2.75) is 33.6 Å². The predicted molar refractivity (Wildman–Crippen MR) is 124 cm³/mol. The highest BCUT2D eigenvalue weighted by Gasteiger charge is 2.24. The van der Waals surface area contributed by atoms with Crippen LogP contribution in [0.5, 0.6) is 5.75 Å². The van der Waals surface area contributed by atoms with Crippen LogP contribution in [0.1, 0.15) is 46.1 Å². The molecule has 0 fully saturated rings. The van der Waals surface area contributed by atoms with Crippen molar-refractivity contribution in [3.05, 3.63) is 75.3 Å². The van der Waals surface area contributed by atoms with E-state index >= 15 is 0 Å². The number of para-hydroxylation sites is 1. The summed E-state index contributed by atoms with van der Waals surface area (Å²) in [6.07, 6.45) is 3.28. The molecule has 0 unspecified atom stereocenters.